The molecule has 0 heterocycles. The summed E-state index contributed by atoms with van der Waals surface area (Å²) in [6.07, 6.45) is 0. The Kier molecular flexibility index (Phi) is 4.27. The van der Waals surface area contributed by atoms with Gasteiger partial charge in [0.1, 0.15) is 0 Å². The van der Waals surface area contributed by atoms with E-state index in [0.29, 0.717) is 11.3 Å². The van der Waals surface area contributed by atoms with Gasteiger partial charge in [-0.3, -0.25) is 4.79 Å². The quantitative estimate of drug-likeness (QED) is 0.508. The van der Waals surface area contributed by atoms with Crippen LogP contribution in [0.5, 0.6) is 0 Å². The van der Waals surface area contributed by atoms with Crippen molar-refractivity contribution >= 4 is 17.0 Å². The van der Waals surface area contributed by atoms with E-state index < -0.39 is 0 Å². The van der Waals surface area contributed by atoms with E-state index in [1.807, 2.05) is 70.2 Å². The predicted octanol–water partition coefficient (Wildman–Crippen LogP) is 4.56. The fourth-order valence-electron chi connectivity index (χ4n) is 2.38. The van der Waals surface area contributed by atoms with E-state index in [1.54, 1.807) is 0 Å². The highest BCUT2D eigenvalue weighted by Crippen LogP contribution is 2.28. The lowest BCUT2D eigenvalue weighted by molar-refractivity contribution is 0.105. The van der Waals surface area contributed by atoms with Crippen molar-refractivity contribution in [3.63, 3.8) is 0 Å². The number of aryl methyl sites for hydroxylation is 2. The Balaban J connectivity index is 2.55. The predicted molar refractivity (Wildman–Crippen MR) is 89.4 cm³/mol. The van der Waals surface area contributed by atoms with E-state index in [0.717, 1.165) is 27.8 Å². The number of anilines is 1. The first kappa shape index (κ1) is 15.0. The topological polar surface area (TPSA) is 43.1 Å². The van der Waals surface area contributed by atoms with Gasteiger partial charge in [-0.2, -0.15) is 0 Å². The zero-order valence-corrected chi connectivity index (χ0v) is 13.0. The highest BCUT2D eigenvalue weighted by Gasteiger charge is 2.17. The maximum absolute atomic E-state index is 12.9. The molecule has 21 heavy (non-hydrogen) atoms. The van der Waals surface area contributed by atoms with Crippen LogP contribution in [0.1, 0.15) is 40.9 Å². The first-order valence-corrected chi connectivity index (χ1v) is 7.05. The number of carbonyl (C=O) groups is 1. The Morgan fingerprint density at radius 2 is 1.57 bits per heavy atom. The molecule has 2 aromatic carbocycles. The average Bonchev–Trinajstić information content (AvgIpc) is 2.43. The largest absolute Gasteiger partial charge is 0.399 e. The van der Waals surface area contributed by atoms with Gasteiger partial charge in [-0.05, 0) is 51.0 Å². The van der Waals surface area contributed by atoms with Crippen LogP contribution >= 0.6 is 0 Å². The number of benzene rings is 2. The third kappa shape index (κ3) is 3.22. The minimum atomic E-state index is 0.0451. The SMILES string of the molecule is CC(C)=C(C(=O)c1ccc(C)cc1)c1cc(N)ccc1C. The molecule has 0 aromatic heterocycles. The second kappa shape index (κ2) is 5.96. The minimum Gasteiger partial charge on any atom is -0.399 e. The fourth-order valence-corrected chi connectivity index (χ4v) is 2.38. The van der Waals surface area contributed by atoms with Crippen molar-refractivity contribution in [2.45, 2.75) is 27.7 Å². The summed E-state index contributed by atoms with van der Waals surface area (Å²) in [7, 11) is 0. The van der Waals surface area contributed by atoms with Crippen molar-refractivity contribution in [2.75, 3.05) is 5.73 Å². The number of Topliss-reactive ketones (excluding diaryl/α,β-unsaturated/α-hetero) is 1. The molecule has 2 nitrogen and oxygen atoms in total. The van der Waals surface area contributed by atoms with Crippen LogP contribution in [0.25, 0.3) is 5.57 Å². The summed E-state index contributed by atoms with van der Waals surface area (Å²) in [6, 6.07) is 13.4. The van der Waals surface area contributed by atoms with Gasteiger partial charge in [0.2, 0.25) is 0 Å². The van der Waals surface area contributed by atoms with Crippen molar-refractivity contribution in [2.24, 2.45) is 0 Å². The zero-order chi connectivity index (χ0) is 15.6. The highest BCUT2D eigenvalue weighted by atomic mass is 16.1. The first-order valence-electron chi connectivity index (χ1n) is 7.05. The van der Waals surface area contributed by atoms with Gasteiger partial charge in [-0.25, -0.2) is 0 Å². The third-order valence-corrected chi connectivity index (χ3v) is 3.57. The van der Waals surface area contributed by atoms with Crippen molar-refractivity contribution in [1.82, 2.24) is 0 Å². The molecule has 0 atom stereocenters. The van der Waals surface area contributed by atoms with E-state index in [9.17, 15) is 4.79 Å². The number of hydrogen-bond donors (Lipinski definition) is 1. The molecule has 0 unspecified atom stereocenters. The second-order valence-electron chi connectivity index (χ2n) is 5.64. The van der Waals surface area contributed by atoms with Crippen LogP contribution < -0.4 is 5.73 Å². The van der Waals surface area contributed by atoms with Gasteiger partial charge in [0, 0.05) is 16.8 Å². The smallest absolute Gasteiger partial charge is 0.193 e. The van der Waals surface area contributed by atoms with Crippen LogP contribution in [-0.2, 0) is 0 Å². The standard InChI is InChI=1S/C19H21NO/c1-12(2)18(17-11-16(20)10-7-14(17)4)19(21)15-8-5-13(3)6-9-15/h5-11H,20H2,1-4H3. The summed E-state index contributed by atoms with van der Waals surface area (Å²) < 4.78 is 0. The number of allylic oxidation sites excluding steroid dienone is 2. The van der Waals surface area contributed by atoms with Crippen LogP contribution in [-0.4, -0.2) is 5.78 Å². The molecule has 2 N–H and O–H groups in total. The van der Waals surface area contributed by atoms with Gasteiger partial charge in [0.05, 0.1) is 0 Å². The van der Waals surface area contributed by atoms with Crippen LogP contribution in [0.15, 0.2) is 48.0 Å². The van der Waals surface area contributed by atoms with Gasteiger partial charge < -0.3 is 5.73 Å². The summed E-state index contributed by atoms with van der Waals surface area (Å²) in [5.74, 6) is 0.0451. The van der Waals surface area contributed by atoms with Gasteiger partial charge >= 0.3 is 0 Å². The summed E-state index contributed by atoms with van der Waals surface area (Å²) in [5, 5.41) is 0. The molecular weight excluding hydrogens is 258 g/mol. The maximum Gasteiger partial charge on any atom is 0.193 e. The molecule has 0 saturated carbocycles. The van der Waals surface area contributed by atoms with E-state index >= 15 is 0 Å². The summed E-state index contributed by atoms with van der Waals surface area (Å²) in [6.45, 7) is 7.94. The average molecular weight is 279 g/mol. The van der Waals surface area contributed by atoms with Crippen LogP contribution in [0, 0.1) is 13.8 Å². The number of carbonyl (C=O) groups excluding carboxylic acids is 1. The number of ketones is 1. The molecule has 2 aromatic rings. The zero-order valence-electron chi connectivity index (χ0n) is 13.0. The summed E-state index contributed by atoms with van der Waals surface area (Å²) in [5.41, 5.74) is 12.1. The van der Waals surface area contributed by atoms with Gasteiger partial charge in [-0.1, -0.05) is 41.5 Å². The van der Waals surface area contributed by atoms with Crippen molar-refractivity contribution in [3.8, 4) is 0 Å². The van der Waals surface area contributed by atoms with Gasteiger partial charge in [0.25, 0.3) is 0 Å². The van der Waals surface area contributed by atoms with Gasteiger partial charge in [0.15, 0.2) is 5.78 Å². The molecule has 2 heteroatoms. The third-order valence-electron chi connectivity index (χ3n) is 3.57. The molecule has 0 amide bonds. The molecule has 0 aliphatic heterocycles. The Labute approximate surface area is 126 Å². The fraction of sp³-hybridized carbons (Fsp3) is 0.211. The maximum atomic E-state index is 12.9. The van der Waals surface area contributed by atoms with E-state index in [2.05, 4.69) is 0 Å². The lowest BCUT2D eigenvalue weighted by Crippen LogP contribution is -2.06. The Morgan fingerprint density at radius 1 is 0.952 bits per heavy atom. The monoisotopic (exact) mass is 279 g/mol. The molecule has 108 valence electrons. The number of rotatable bonds is 3. The Hall–Kier alpha value is -2.35. The minimum absolute atomic E-state index is 0.0451. The van der Waals surface area contributed by atoms with Crippen LogP contribution in [0.3, 0.4) is 0 Å². The molecule has 0 bridgehead atoms. The normalized spacial score (nSPS) is 10.3. The molecule has 0 radical (unpaired) electrons. The molecule has 0 fully saturated rings. The molecule has 0 saturated heterocycles. The number of hydrogen-bond acceptors (Lipinski definition) is 2. The molecule has 0 aliphatic carbocycles. The Morgan fingerprint density at radius 3 is 2.14 bits per heavy atom. The molecule has 0 aliphatic rings. The number of nitrogens with two attached hydrogens (primary N) is 1. The first-order chi connectivity index (χ1) is 9.90. The second-order valence-corrected chi connectivity index (χ2v) is 5.64. The molecule has 2 rings (SSSR count). The lowest BCUT2D eigenvalue weighted by Gasteiger charge is -2.13. The van der Waals surface area contributed by atoms with Crippen LogP contribution in [0.2, 0.25) is 0 Å². The summed E-state index contributed by atoms with van der Waals surface area (Å²) in [4.78, 5) is 12.9. The van der Waals surface area contributed by atoms with E-state index in [1.165, 1.54) is 0 Å². The van der Waals surface area contributed by atoms with Gasteiger partial charge in [-0.15, -0.1) is 0 Å². The highest BCUT2D eigenvalue weighted by molar-refractivity contribution is 6.29. The lowest BCUT2D eigenvalue weighted by atomic mass is 9.90. The van der Waals surface area contributed by atoms with Crippen LogP contribution in [0.4, 0.5) is 5.69 Å². The Bertz CT molecular complexity index is 705. The molecule has 0 spiro atoms. The van der Waals surface area contributed by atoms with E-state index in [-0.39, 0.29) is 5.78 Å². The van der Waals surface area contributed by atoms with Crippen molar-refractivity contribution in [1.29, 1.82) is 0 Å². The van der Waals surface area contributed by atoms with Crippen molar-refractivity contribution in [3.05, 3.63) is 70.3 Å². The summed E-state index contributed by atoms with van der Waals surface area (Å²) >= 11 is 0. The molecular formula is C19H21NO. The van der Waals surface area contributed by atoms with Crippen molar-refractivity contribution < 1.29 is 4.79 Å². The number of nitrogen functional groups attached to an aromatic ring is 1. The van der Waals surface area contributed by atoms with E-state index in [4.69, 9.17) is 5.73 Å².